The van der Waals surface area contributed by atoms with Crippen molar-refractivity contribution in [2.24, 2.45) is 5.92 Å². The number of aryl methyl sites for hydroxylation is 1. The van der Waals surface area contributed by atoms with Crippen molar-refractivity contribution in [1.82, 2.24) is 26.1 Å². The third kappa shape index (κ3) is 9.13. The number of rotatable bonds is 15. The smallest absolute Gasteiger partial charge is 0.305 e. The molecule has 43 heavy (non-hydrogen) atoms. The Morgan fingerprint density at radius 3 is 2.35 bits per heavy atom. The molecule has 3 rings (SSSR count). The van der Waals surface area contributed by atoms with Crippen LogP contribution in [0.3, 0.4) is 0 Å². The van der Waals surface area contributed by atoms with Gasteiger partial charge in [0.2, 0.25) is 11.8 Å². The van der Waals surface area contributed by atoms with E-state index in [0.717, 1.165) is 12.1 Å². The lowest BCUT2D eigenvalue weighted by atomic mass is 10.0. The maximum Gasteiger partial charge on any atom is 0.305 e. The molecule has 1 heterocycles. The van der Waals surface area contributed by atoms with Crippen molar-refractivity contribution in [2.75, 3.05) is 13.7 Å². The number of nitrogens with one attached hydrogen (secondary N) is 3. The van der Waals surface area contributed by atoms with Gasteiger partial charge in [0.25, 0.3) is 5.89 Å². The van der Waals surface area contributed by atoms with Gasteiger partial charge in [-0.05, 0) is 43.2 Å². The fourth-order valence-electron chi connectivity index (χ4n) is 4.21. The quantitative estimate of drug-likeness (QED) is 0.203. The number of carboxylic acid groups (broad SMARTS) is 1. The van der Waals surface area contributed by atoms with Crippen molar-refractivity contribution < 1.29 is 42.3 Å². The van der Waals surface area contributed by atoms with Crippen molar-refractivity contribution >= 4 is 23.6 Å². The number of aliphatic carboxylic acids is 1. The molecule has 1 aromatic heterocycles. The fraction of sp³-hybridized carbons (Fsp3) is 0.379. The number of benzene rings is 2. The van der Waals surface area contributed by atoms with E-state index < -0.39 is 66.2 Å². The summed E-state index contributed by atoms with van der Waals surface area (Å²) in [4.78, 5) is 54.6. The van der Waals surface area contributed by atoms with Gasteiger partial charge in [0.15, 0.2) is 11.6 Å². The van der Waals surface area contributed by atoms with Crippen molar-refractivity contribution in [3.63, 3.8) is 0 Å². The summed E-state index contributed by atoms with van der Waals surface area (Å²) >= 11 is 0. The van der Waals surface area contributed by atoms with Crippen molar-refractivity contribution in [3.05, 3.63) is 65.0 Å². The highest BCUT2D eigenvalue weighted by Gasteiger charge is 2.30. The Morgan fingerprint density at radius 2 is 1.77 bits per heavy atom. The van der Waals surface area contributed by atoms with E-state index in [9.17, 15) is 33.1 Å². The standard InChI is InChI=1S/C29H33F2N5O7/c1-15(2)27(35-25(38)11-18-10-17(8-9-24(18)42-4)29-33-16(3)36-43-29)28(41)34-22(12-26(39)40)23(37)14-32-13-19-20(30)6-5-7-21(19)31/h5-10,15,22,27,32H,11-14H2,1-4H3,(H,34,41)(H,35,38)(H,39,40)/t22?,27-/m0/s1. The molecule has 0 saturated heterocycles. The molecule has 2 atom stereocenters. The molecule has 0 radical (unpaired) electrons. The molecular weight excluding hydrogens is 568 g/mol. The molecule has 12 nitrogen and oxygen atoms in total. The summed E-state index contributed by atoms with van der Waals surface area (Å²) in [7, 11) is 1.44. The molecule has 0 aliphatic carbocycles. The molecule has 0 bridgehead atoms. The van der Waals surface area contributed by atoms with E-state index in [1.165, 1.54) is 13.2 Å². The van der Waals surface area contributed by atoms with Crippen LogP contribution in [-0.4, -0.2) is 64.6 Å². The molecule has 0 fully saturated rings. The number of amides is 2. The van der Waals surface area contributed by atoms with Crippen molar-refractivity contribution in [2.45, 2.75) is 52.2 Å². The van der Waals surface area contributed by atoms with Crippen LogP contribution in [0.25, 0.3) is 11.5 Å². The molecule has 14 heteroatoms. The normalized spacial score (nSPS) is 12.4. The number of halogens is 2. The SMILES string of the molecule is COc1ccc(-c2nc(C)no2)cc1CC(=O)N[C@H](C(=O)NC(CC(=O)O)C(=O)CNCc1c(F)cccc1F)C(C)C. The zero-order valence-corrected chi connectivity index (χ0v) is 24.1. The molecule has 4 N–H and O–H groups in total. The molecule has 2 aromatic carbocycles. The monoisotopic (exact) mass is 601 g/mol. The number of carbonyl (C=O) groups excluding carboxylic acids is 3. The Labute approximate surface area is 246 Å². The molecule has 0 aliphatic heterocycles. The second kappa shape index (κ2) is 15.0. The van der Waals surface area contributed by atoms with Crippen LogP contribution in [0, 0.1) is 24.5 Å². The largest absolute Gasteiger partial charge is 0.496 e. The number of ketones is 1. The zero-order valence-electron chi connectivity index (χ0n) is 24.1. The molecule has 1 unspecified atom stereocenters. The van der Waals surface area contributed by atoms with Gasteiger partial charge in [-0.1, -0.05) is 25.1 Å². The first-order valence-corrected chi connectivity index (χ1v) is 13.3. The van der Waals surface area contributed by atoms with Crippen LogP contribution in [0.4, 0.5) is 8.78 Å². The minimum absolute atomic E-state index is 0.186. The van der Waals surface area contributed by atoms with Crippen LogP contribution in [-0.2, 0) is 32.1 Å². The van der Waals surface area contributed by atoms with Crippen molar-refractivity contribution in [3.8, 4) is 17.2 Å². The van der Waals surface area contributed by atoms with Gasteiger partial charge in [0.05, 0.1) is 32.5 Å². The topological polar surface area (TPSA) is 173 Å². The first-order valence-electron chi connectivity index (χ1n) is 13.3. The first kappa shape index (κ1) is 32.8. The summed E-state index contributed by atoms with van der Waals surface area (Å²) in [6.45, 7) is 4.20. The first-order chi connectivity index (χ1) is 20.4. The van der Waals surface area contributed by atoms with Gasteiger partial charge < -0.3 is 30.3 Å². The number of methoxy groups -OCH3 is 1. The summed E-state index contributed by atoms with van der Waals surface area (Å²) in [6, 6.07) is 5.73. The number of hydrogen-bond acceptors (Lipinski definition) is 9. The minimum Gasteiger partial charge on any atom is -0.496 e. The average Bonchev–Trinajstić information content (AvgIpc) is 3.38. The lowest BCUT2D eigenvalue weighted by Crippen LogP contribution is -2.55. The summed E-state index contributed by atoms with van der Waals surface area (Å²) in [6.07, 6.45) is -0.924. The fourth-order valence-corrected chi connectivity index (χ4v) is 4.21. The van der Waals surface area contributed by atoms with Crippen LogP contribution < -0.4 is 20.7 Å². The van der Waals surface area contributed by atoms with Crippen LogP contribution in [0.2, 0.25) is 0 Å². The van der Waals surface area contributed by atoms with Gasteiger partial charge >= 0.3 is 5.97 Å². The molecular formula is C29H33F2N5O7. The number of hydrogen-bond donors (Lipinski definition) is 4. The van der Waals surface area contributed by atoms with Crippen molar-refractivity contribution in [1.29, 1.82) is 0 Å². The third-order valence-electron chi connectivity index (χ3n) is 6.42. The van der Waals surface area contributed by atoms with E-state index in [2.05, 4.69) is 26.1 Å². The number of ether oxygens (including phenoxy) is 1. The Morgan fingerprint density at radius 1 is 1.07 bits per heavy atom. The van der Waals surface area contributed by atoms with E-state index in [1.807, 2.05) is 0 Å². The molecule has 3 aromatic rings. The molecule has 0 saturated carbocycles. The molecule has 0 aliphatic rings. The van der Waals surface area contributed by atoms with Gasteiger partial charge in [-0.3, -0.25) is 19.2 Å². The Kier molecular flexibility index (Phi) is 11.4. The second-order valence-electron chi connectivity index (χ2n) is 10.1. The van der Waals surface area contributed by atoms with E-state index >= 15 is 0 Å². The van der Waals surface area contributed by atoms with E-state index in [4.69, 9.17) is 9.26 Å². The molecule has 0 spiro atoms. The highest BCUT2D eigenvalue weighted by molar-refractivity contribution is 5.95. The van der Waals surface area contributed by atoms with Gasteiger partial charge in [-0.15, -0.1) is 0 Å². The van der Waals surface area contributed by atoms with E-state index in [1.54, 1.807) is 39.0 Å². The van der Waals surface area contributed by atoms with Gasteiger partial charge in [-0.2, -0.15) is 4.98 Å². The summed E-state index contributed by atoms with van der Waals surface area (Å²) in [5, 5.41) is 20.7. The van der Waals surface area contributed by atoms with Gasteiger partial charge in [0, 0.05) is 23.2 Å². The van der Waals surface area contributed by atoms with Gasteiger partial charge in [-0.25, -0.2) is 8.78 Å². The maximum atomic E-state index is 13.9. The minimum atomic E-state index is -1.46. The van der Waals surface area contributed by atoms with Crippen LogP contribution in [0.15, 0.2) is 40.9 Å². The summed E-state index contributed by atoms with van der Waals surface area (Å²) in [5.74, 6) is -4.34. The highest BCUT2D eigenvalue weighted by Crippen LogP contribution is 2.26. The van der Waals surface area contributed by atoms with Crippen LogP contribution >= 0.6 is 0 Å². The second-order valence-corrected chi connectivity index (χ2v) is 10.1. The lowest BCUT2D eigenvalue weighted by Gasteiger charge is -2.25. The lowest BCUT2D eigenvalue weighted by molar-refractivity contribution is -0.140. The highest BCUT2D eigenvalue weighted by atomic mass is 19.1. The number of carbonyl (C=O) groups is 4. The summed E-state index contributed by atoms with van der Waals surface area (Å²) < 4.78 is 38.3. The average molecular weight is 602 g/mol. The van der Waals surface area contributed by atoms with Crippen LogP contribution in [0.1, 0.15) is 37.2 Å². The number of Topliss-reactive ketones (excluding diaryl/α,β-unsaturated/α-hetero) is 1. The number of nitrogens with zero attached hydrogens (tertiary/aromatic N) is 2. The predicted molar refractivity (Wildman–Crippen MR) is 149 cm³/mol. The Bertz CT molecular complexity index is 1460. The Balaban J connectivity index is 1.67. The summed E-state index contributed by atoms with van der Waals surface area (Å²) in [5.41, 5.74) is 0.752. The van der Waals surface area contributed by atoms with Gasteiger partial charge in [0.1, 0.15) is 23.4 Å². The van der Waals surface area contributed by atoms with Crippen LogP contribution in [0.5, 0.6) is 5.75 Å². The number of carboxylic acids is 1. The molecule has 2 amide bonds. The Hall–Kier alpha value is -4.72. The van der Waals surface area contributed by atoms with E-state index in [-0.39, 0.29) is 24.4 Å². The van der Waals surface area contributed by atoms with E-state index in [0.29, 0.717) is 22.7 Å². The number of aromatic nitrogens is 2. The predicted octanol–water partition coefficient (Wildman–Crippen LogP) is 2.33. The molecule has 230 valence electrons. The maximum absolute atomic E-state index is 13.9. The third-order valence-corrected chi connectivity index (χ3v) is 6.42. The zero-order chi connectivity index (χ0) is 31.7.